The molecule has 1 aromatic heterocycles. The average molecular weight is 390 g/mol. The molecule has 130 valence electrons. The van der Waals surface area contributed by atoms with Gasteiger partial charge in [0.1, 0.15) is 17.6 Å². The highest BCUT2D eigenvalue weighted by Crippen LogP contribution is 2.29. The van der Waals surface area contributed by atoms with Crippen molar-refractivity contribution in [3.8, 4) is 6.07 Å². The van der Waals surface area contributed by atoms with Crippen molar-refractivity contribution in [3.63, 3.8) is 0 Å². The number of alkyl halides is 3. The number of hydrogen-bond donors (Lipinski definition) is 1. The van der Waals surface area contributed by atoms with E-state index in [4.69, 9.17) is 28.5 Å². The molecular weight excluding hydrogens is 382 g/mol. The van der Waals surface area contributed by atoms with E-state index in [1.807, 2.05) is 6.07 Å². The number of pyridine rings is 1. The smallest absolute Gasteiger partial charge is 0.324 e. The first-order valence-electron chi connectivity index (χ1n) is 6.58. The monoisotopic (exact) mass is 389 g/mol. The third-order valence-corrected chi connectivity index (χ3v) is 3.64. The molecule has 0 aliphatic heterocycles. The highest BCUT2D eigenvalue weighted by molar-refractivity contribution is 6.32. The topological polar surface area (TPSA) is 74.9 Å². The Hall–Kier alpha value is -2.50. The molecule has 2 aromatic rings. The van der Waals surface area contributed by atoms with Crippen LogP contribution in [0.5, 0.6) is 0 Å². The fraction of sp³-hybridized carbons (Fsp3) is 0.133. The number of halogens is 5. The summed E-state index contributed by atoms with van der Waals surface area (Å²) < 4.78 is 38.9. The maximum Gasteiger partial charge on any atom is 0.417 e. The molecule has 1 heterocycles. The van der Waals surface area contributed by atoms with E-state index in [1.54, 1.807) is 0 Å². The molecule has 0 unspecified atom stereocenters. The van der Waals surface area contributed by atoms with Crippen LogP contribution >= 0.6 is 23.2 Å². The fourth-order valence-electron chi connectivity index (χ4n) is 1.91. The second-order valence-electron chi connectivity index (χ2n) is 4.86. The highest BCUT2D eigenvalue weighted by Gasteiger charge is 2.32. The molecular formula is C15H8Cl2F3N3O2. The molecule has 0 bridgehead atoms. The van der Waals surface area contributed by atoms with Crippen LogP contribution in [0.15, 0.2) is 35.3 Å². The van der Waals surface area contributed by atoms with Crippen molar-refractivity contribution in [2.45, 2.75) is 12.7 Å². The first kappa shape index (κ1) is 18.8. The molecule has 1 N–H and O–H groups in total. The van der Waals surface area contributed by atoms with Gasteiger partial charge in [0.25, 0.3) is 5.56 Å². The van der Waals surface area contributed by atoms with Crippen molar-refractivity contribution in [1.29, 1.82) is 5.26 Å². The molecule has 5 nitrogen and oxygen atoms in total. The van der Waals surface area contributed by atoms with Crippen LogP contribution in [0, 0.1) is 11.3 Å². The van der Waals surface area contributed by atoms with Gasteiger partial charge in [0, 0.05) is 11.9 Å². The summed E-state index contributed by atoms with van der Waals surface area (Å²) in [7, 11) is 0. The number of amides is 1. The number of rotatable bonds is 3. The van der Waals surface area contributed by atoms with Crippen molar-refractivity contribution in [2.24, 2.45) is 0 Å². The van der Waals surface area contributed by atoms with Crippen LogP contribution in [0.25, 0.3) is 0 Å². The highest BCUT2D eigenvalue weighted by atomic mass is 35.5. The van der Waals surface area contributed by atoms with Gasteiger partial charge in [0.05, 0.1) is 16.1 Å². The van der Waals surface area contributed by atoms with Crippen LogP contribution in [-0.4, -0.2) is 10.5 Å². The van der Waals surface area contributed by atoms with Crippen LogP contribution in [0.2, 0.25) is 10.0 Å². The minimum absolute atomic E-state index is 0.0968. The van der Waals surface area contributed by atoms with Gasteiger partial charge >= 0.3 is 6.18 Å². The lowest BCUT2D eigenvalue weighted by molar-refractivity contribution is -0.138. The van der Waals surface area contributed by atoms with E-state index in [-0.39, 0.29) is 16.3 Å². The molecule has 0 spiro atoms. The Morgan fingerprint density at radius 3 is 2.48 bits per heavy atom. The number of nitriles is 1. The molecule has 0 saturated carbocycles. The number of nitrogens with zero attached hydrogens (tertiary/aromatic N) is 2. The van der Waals surface area contributed by atoms with E-state index in [0.29, 0.717) is 16.8 Å². The second-order valence-corrected chi connectivity index (χ2v) is 5.68. The van der Waals surface area contributed by atoms with Gasteiger partial charge in [0.15, 0.2) is 0 Å². The van der Waals surface area contributed by atoms with Gasteiger partial charge in [-0.3, -0.25) is 9.59 Å². The summed E-state index contributed by atoms with van der Waals surface area (Å²) in [4.78, 5) is 23.8. The molecule has 2 rings (SSSR count). The molecule has 0 aliphatic rings. The molecule has 0 aliphatic carbocycles. The maximum atomic E-state index is 12.8. The lowest BCUT2D eigenvalue weighted by Gasteiger charge is -2.12. The van der Waals surface area contributed by atoms with E-state index in [2.05, 4.69) is 5.32 Å². The van der Waals surface area contributed by atoms with Crippen molar-refractivity contribution >= 4 is 34.8 Å². The van der Waals surface area contributed by atoms with Crippen LogP contribution in [0.1, 0.15) is 11.1 Å². The lowest BCUT2D eigenvalue weighted by Crippen LogP contribution is -2.29. The maximum absolute atomic E-state index is 12.8. The standard InChI is InChI=1S/C15H8Cl2F3N3O2/c16-11-4-10(2-1-8(11)5-21)22-13(24)7-23-6-9(15(18,19)20)3-12(17)14(23)25/h1-4,6H,7H2,(H,22,24). The largest absolute Gasteiger partial charge is 0.417 e. The number of carbonyl (C=O) groups excluding carboxylic acids is 1. The van der Waals surface area contributed by atoms with Crippen LogP contribution in [0.3, 0.4) is 0 Å². The first-order chi connectivity index (χ1) is 11.6. The quantitative estimate of drug-likeness (QED) is 0.869. The Morgan fingerprint density at radius 2 is 1.92 bits per heavy atom. The Bertz CT molecular complexity index is 933. The van der Waals surface area contributed by atoms with Crippen molar-refractivity contribution < 1.29 is 18.0 Å². The Morgan fingerprint density at radius 1 is 1.24 bits per heavy atom. The number of hydrogen-bond acceptors (Lipinski definition) is 3. The molecule has 0 radical (unpaired) electrons. The van der Waals surface area contributed by atoms with Crippen LogP contribution < -0.4 is 10.9 Å². The number of carbonyl (C=O) groups is 1. The molecule has 10 heteroatoms. The first-order valence-corrected chi connectivity index (χ1v) is 7.34. The average Bonchev–Trinajstić information content (AvgIpc) is 2.50. The molecule has 0 atom stereocenters. The second kappa shape index (κ2) is 7.17. The summed E-state index contributed by atoms with van der Waals surface area (Å²) in [6.45, 7) is -0.680. The van der Waals surface area contributed by atoms with E-state index in [1.165, 1.54) is 18.2 Å². The Kier molecular flexibility index (Phi) is 5.40. The number of nitrogens with one attached hydrogen (secondary N) is 1. The zero-order valence-electron chi connectivity index (χ0n) is 12.2. The van der Waals surface area contributed by atoms with Gasteiger partial charge in [-0.2, -0.15) is 18.4 Å². The zero-order valence-corrected chi connectivity index (χ0v) is 13.7. The van der Waals surface area contributed by atoms with Gasteiger partial charge in [-0.05, 0) is 24.3 Å². The predicted octanol–water partition coefficient (Wildman–Crippen LogP) is 3.68. The van der Waals surface area contributed by atoms with E-state index < -0.39 is 34.8 Å². The zero-order chi connectivity index (χ0) is 18.8. The lowest BCUT2D eigenvalue weighted by atomic mass is 10.2. The van der Waals surface area contributed by atoms with Gasteiger partial charge in [-0.15, -0.1) is 0 Å². The number of benzene rings is 1. The number of anilines is 1. The summed E-state index contributed by atoms with van der Waals surface area (Å²) in [6, 6.07) is 6.40. The molecule has 25 heavy (non-hydrogen) atoms. The third-order valence-electron chi connectivity index (χ3n) is 3.06. The molecule has 1 amide bonds. The van der Waals surface area contributed by atoms with Crippen molar-refractivity contribution in [1.82, 2.24) is 4.57 Å². The van der Waals surface area contributed by atoms with E-state index in [9.17, 15) is 22.8 Å². The van der Waals surface area contributed by atoms with E-state index in [0.717, 1.165) is 0 Å². The SMILES string of the molecule is N#Cc1ccc(NC(=O)Cn2cc(C(F)(F)F)cc(Cl)c2=O)cc1Cl. The summed E-state index contributed by atoms with van der Waals surface area (Å²) in [6.07, 6.45) is -4.20. The van der Waals surface area contributed by atoms with E-state index >= 15 is 0 Å². The Balaban J connectivity index is 2.24. The normalized spacial score (nSPS) is 11.0. The van der Waals surface area contributed by atoms with Gasteiger partial charge in [-0.1, -0.05) is 23.2 Å². The van der Waals surface area contributed by atoms with Crippen LogP contribution in [-0.2, 0) is 17.5 Å². The predicted molar refractivity (Wildman–Crippen MR) is 85.5 cm³/mol. The summed E-state index contributed by atoms with van der Waals surface area (Å²) in [5, 5.41) is 10.6. The van der Waals surface area contributed by atoms with Crippen molar-refractivity contribution in [3.05, 3.63) is 62.0 Å². The van der Waals surface area contributed by atoms with Crippen LogP contribution in [0.4, 0.5) is 18.9 Å². The third kappa shape index (κ3) is 4.53. The minimum atomic E-state index is -4.71. The van der Waals surface area contributed by atoms with Gasteiger partial charge < -0.3 is 9.88 Å². The minimum Gasteiger partial charge on any atom is -0.324 e. The van der Waals surface area contributed by atoms with Gasteiger partial charge in [0.2, 0.25) is 5.91 Å². The Labute approximate surface area is 149 Å². The summed E-state index contributed by atoms with van der Waals surface area (Å²) >= 11 is 11.3. The molecule has 1 aromatic carbocycles. The van der Waals surface area contributed by atoms with Crippen molar-refractivity contribution in [2.75, 3.05) is 5.32 Å². The van der Waals surface area contributed by atoms with Gasteiger partial charge in [-0.25, -0.2) is 0 Å². The molecule has 0 saturated heterocycles. The number of aromatic nitrogens is 1. The molecule has 0 fully saturated rings. The summed E-state index contributed by atoms with van der Waals surface area (Å²) in [5.41, 5.74) is -1.66. The summed E-state index contributed by atoms with van der Waals surface area (Å²) in [5.74, 6) is -0.765. The fourth-order valence-corrected chi connectivity index (χ4v) is 2.36.